The summed E-state index contributed by atoms with van der Waals surface area (Å²) in [7, 11) is 0. The Labute approximate surface area is 184 Å². The Hall–Kier alpha value is -2.92. The maximum absolute atomic E-state index is 13.0. The molecule has 4 rings (SSSR count). The molecular weight excluding hydrogens is 477 g/mol. The van der Waals surface area contributed by atoms with E-state index in [-0.39, 0.29) is 17.6 Å². The lowest BCUT2D eigenvalue weighted by Gasteiger charge is -2.27. The Kier molecular flexibility index (Phi) is 6.23. The second kappa shape index (κ2) is 9.06. The summed E-state index contributed by atoms with van der Waals surface area (Å²) in [5.41, 5.74) is 0.226. The first-order chi connectivity index (χ1) is 14.9. The Morgan fingerprint density at radius 3 is 2.16 bits per heavy atom. The van der Waals surface area contributed by atoms with Crippen LogP contribution in [-0.4, -0.2) is 41.3 Å². The van der Waals surface area contributed by atoms with E-state index in [9.17, 15) is 13.2 Å². The van der Waals surface area contributed by atoms with Gasteiger partial charge in [-0.3, -0.25) is 0 Å². The molecular formula is C20H18BrF3N6O. The Morgan fingerprint density at radius 2 is 1.52 bits per heavy atom. The number of morpholine rings is 1. The molecule has 1 aromatic heterocycles. The molecule has 0 spiro atoms. The fraction of sp³-hybridized carbons (Fsp3) is 0.250. The van der Waals surface area contributed by atoms with Crippen molar-refractivity contribution in [2.45, 2.75) is 6.18 Å². The summed E-state index contributed by atoms with van der Waals surface area (Å²) in [5, 5.41) is 5.98. The summed E-state index contributed by atoms with van der Waals surface area (Å²) in [6, 6.07) is 12.3. The van der Waals surface area contributed by atoms with Crippen molar-refractivity contribution in [3.63, 3.8) is 0 Å². The van der Waals surface area contributed by atoms with Gasteiger partial charge in [0.05, 0.1) is 18.8 Å². The van der Waals surface area contributed by atoms with E-state index < -0.39 is 11.7 Å². The molecule has 7 nitrogen and oxygen atoms in total. The van der Waals surface area contributed by atoms with Crippen LogP contribution in [0, 0.1) is 0 Å². The average molecular weight is 495 g/mol. The van der Waals surface area contributed by atoms with Gasteiger partial charge in [0.2, 0.25) is 17.8 Å². The summed E-state index contributed by atoms with van der Waals surface area (Å²) < 4.78 is 45.4. The molecule has 0 bridgehead atoms. The summed E-state index contributed by atoms with van der Waals surface area (Å²) >= 11 is 3.39. The molecule has 1 fully saturated rings. The Balaban J connectivity index is 1.64. The SMILES string of the molecule is FC(F)(F)c1cccc(Nc2nc(Nc3ccc(Br)cc3)nc(N3CCOCC3)n2)c1. The first kappa shape index (κ1) is 21.3. The zero-order valence-electron chi connectivity index (χ0n) is 16.2. The van der Waals surface area contributed by atoms with Gasteiger partial charge in [0.25, 0.3) is 0 Å². The number of alkyl halides is 3. The predicted molar refractivity (Wildman–Crippen MR) is 115 cm³/mol. The minimum absolute atomic E-state index is 0.135. The van der Waals surface area contributed by atoms with Crippen molar-refractivity contribution in [1.29, 1.82) is 0 Å². The largest absolute Gasteiger partial charge is 0.416 e. The highest BCUT2D eigenvalue weighted by Gasteiger charge is 2.30. The number of nitrogens with zero attached hydrogens (tertiary/aromatic N) is 4. The lowest BCUT2D eigenvalue weighted by Crippen LogP contribution is -2.37. The van der Waals surface area contributed by atoms with E-state index in [1.54, 1.807) is 0 Å². The van der Waals surface area contributed by atoms with Crippen molar-refractivity contribution < 1.29 is 17.9 Å². The van der Waals surface area contributed by atoms with E-state index in [1.807, 2.05) is 29.2 Å². The molecule has 0 saturated carbocycles. The van der Waals surface area contributed by atoms with E-state index >= 15 is 0 Å². The molecule has 0 unspecified atom stereocenters. The van der Waals surface area contributed by atoms with Crippen molar-refractivity contribution in [2.24, 2.45) is 0 Å². The molecule has 31 heavy (non-hydrogen) atoms. The number of anilines is 5. The van der Waals surface area contributed by atoms with Crippen molar-refractivity contribution in [2.75, 3.05) is 41.8 Å². The molecule has 2 heterocycles. The molecule has 0 atom stereocenters. The molecule has 11 heteroatoms. The van der Waals surface area contributed by atoms with Crippen LogP contribution in [0.5, 0.6) is 0 Å². The van der Waals surface area contributed by atoms with Crippen LogP contribution in [0.1, 0.15) is 5.56 Å². The van der Waals surface area contributed by atoms with Gasteiger partial charge in [0, 0.05) is 28.9 Å². The Morgan fingerprint density at radius 1 is 0.871 bits per heavy atom. The van der Waals surface area contributed by atoms with Gasteiger partial charge in [-0.25, -0.2) is 0 Å². The van der Waals surface area contributed by atoms with Crippen LogP contribution in [0.4, 0.5) is 42.4 Å². The minimum Gasteiger partial charge on any atom is -0.378 e. The fourth-order valence-electron chi connectivity index (χ4n) is 2.95. The van der Waals surface area contributed by atoms with Gasteiger partial charge in [0.15, 0.2) is 0 Å². The summed E-state index contributed by atoms with van der Waals surface area (Å²) in [6.45, 7) is 2.28. The van der Waals surface area contributed by atoms with Crippen molar-refractivity contribution in [3.05, 3.63) is 58.6 Å². The quantitative estimate of drug-likeness (QED) is 0.518. The molecule has 3 aromatic rings. The number of nitrogens with one attached hydrogen (secondary N) is 2. The van der Waals surface area contributed by atoms with Crippen LogP contribution < -0.4 is 15.5 Å². The third-order valence-electron chi connectivity index (χ3n) is 4.46. The number of benzene rings is 2. The van der Waals surface area contributed by atoms with Gasteiger partial charge >= 0.3 is 6.18 Å². The number of hydrogen-bond acceptors (Lipinski definition) is 7. The van der Waals surface area contributed by atoms with Crippen molar-refractivity contribution in [1.82, 2.24) is 15.0 Å². The van der Waals surface area contributed by atoms with E-state index in [1.165, 1.54) is 12.1 Å². The molecule has 0 radical (unpaired) electrons. The van der Waals surface area contributed by atoms with Gasteiger partial charge < -0.3 is 20.3 Å². The number of hydrogen-bond donors (Lipinski definition) is 2. The fourth-order valence-corrected chi connectivity index (χ4v) is 3.21. The first-order valence-corrected chi connectivity index (χ1v) is 10.2. The van der Waals surface area contributed by atoms with Gasteiger partial charge in [-0.15, -0.1) is 0 Å². The highest BCUT2D eigenvalue weighted by atomic mass is 79.9. The van der Waals surface area contributed by atoms with Gasteiger partial charge in [0.1, 0.15) is 0 Å². The molecule has 0 amide bonds. The second-order valence-corrected chi connectivity index (χ2v) is 7.63. The highest BCUT2D eigenvalue weighted by Crippen LogP contribution is 2.31. The van der Waals surface area contributed by atoms with Crippen molar-refractivity contribution in [3.8, 4) is 0 Å². The van der Waals surface area contributed by atoms with E-state index in [4.69, 9.17) is 4.74 Å². The first-order valence-electron chi connectivity index (χ1n) is 9.42. The molecule has 1 aliphatic heterocycles. The van der Waals surface area contributed by atoms with Crippen LogP contribution in [0.15, 0.2) is 53.0 Å². The van der Waals surface area contributed by atoms with E-state index in [2.05, 4.69) is 41.5 Å². The van der Waals surface area contributed by atoms with Crippen LogP contribution in [0.2, 0.25) is 0 Å². The van der Waals surface area contributed by atoms with Gasteiger partial charge in [-0.2, -0.15) is 28.1 Å². The molecule has 0 aliphatic carbocycles. The third kappa shape index (κ3) is 5.61. The maximum Gasteiger partial charge on any atom is 0.416 e. The molecule has 162 valence electrons. The molecule has 2 aromatic carbocycles. The van der Waals surface area contributed by atoms with Crippen LogP contribution in [-0.2, 0) is 10.9 Å². The smallest absolute Gasteiger partial charge is 0.378 e. The second-order valence-electron chi connectivity index (χ2n) is 6.72. The van der Waals surface area contributed by atoms with Crippen LogP contribution >= 0.6 is 15.9 Å². The maximum atomic E-state index is 13.0. The number of aromatic nitrogens is 3. The highest BCUT2D eigenvalue weighted by molar-refractivity contribution is 9.10. The lowest BCUT2D eigenvalue weighted by molar-refractivity contribution is -0.137. The van der Waals surface area contributed by atoms with E-state index in [0.29, 0.717) is 32.3 Å². The number of halogens is 4. The van der Waals surface area contributed by atoms with Crippen LogP contribution in [0.3, 0.4) is 0 Å². The summed E-state index contributed by atoms with van der Waals surface area (Å²) in [6.07, 6.45) is -4.44. The molecule has 2 N–H and O–H groups in total. The minimum atomic E-state index is -4.44. The molecule has 1 saturated heterocycles. The van der Waals surface area contributed by atoms with Gasteiger partial charge in [-0.1, -0.05) is 22.0 Å². The summed E-state index contributed by atoms with van der Waals surface area (Å²) in [5.74, 6) is 0.816. The normalized spacial score (nSPS) is 14.4. The monoisotopic (exact) mass is 494 g/mol. The zero-order chi connectivity index (χ0) is 21.8. The average Bonchev–Trinajstić information content (AvgIpc) is 2.75. The third-order valence-corrected chi connectivity index (χ3v) is 4.99. The van der Waals surface area contributed by atoms with Crippen LogP contribution in [0.25, 0.3) is 0 Å². The number of ether oxygens (including phenoxy) is 1. The molecule has 1 aliphatic rings. The van der Waals surface area contributed by atoms with E-state index in [0.717, 1.165) is 22.3 Å². The van der Waals surface area contributed by atoms with Gasteiger partial charge in [-0.05, 0) is 42.5 Å². The standard InChI is InChI=1S/C20H18BrF3N6O/c21-14-4-6-15(7-5-14)25-17-27-18(29-19(28-17)30-8-10-31-11-9-30)26-16-3-1-2-13(12-16)20(22,23)24/h1-7,12H,8-11H2,(H2,25,26,27,28,29). The number of rotatable bonds is 5. The topological polar surface area (TPSA) is 75.2 Å². The van der Waals surface area contributed by atoms with Crippen molar-refractivity contribution >= 4 is 45.1 Å². The summed E-state index contributed by atoms with van der Waals surface area (Å²) in [4.78, 5) is 15.2. The zero-order valence-corrected chi connectivity index (χ0v) is 17.7. The lowest BCUT2D eigenvalue weighted by atomic mass is 10.2. The Bertz CT molecular complexity index is 1040. The predicted octanol–water partition coefficient (Wildman–Crippen LogP) is 4.98.